The van der Waals surface area contributed by atoms with Crippen LogP contribution in [0.4, 0.5) is 5.82 Å². The lowest BCUT2D eigenvalue weighted by atomic mass is 9.45. The Balaban J connectivity index is 0.00000240. The van der Waals surface area contributed by atoms with Crippen LogP contribution in [-0.4, -0.2) is 77.0 Å². The molecule has 0 bridgehead atoms. The number of ketones is 2. The van der Waals surface area contributed by atoms with Gasteiger partial charge < -0.3 is 14.7 Å². The summed E-state index contributed by atoms with van der Waals surface area (Å²) >= 11 is 0. The van der Waals surface area contributed by atoms with Crippen molar-refractivity contribution in [2.24, 2.45) is 34.0 Å². The van der Waals surface area contributed by atoms with Crippen molar-refractivity contribution in [2.75, 3.05) is 37.6 Å². The lowest BCUT2D eigenvalue weighted by Gasteiger charge is -2.61. The van der Waals surface area contributed by atoms with Crippen LogP contribution in [0, 0.1) is 34.0 Å². The molecule has 6 rings (SSSR count). The zero-order valence-corrected chi connectivity index (χ0v) is 29.8. The molecular formula is C36H53Cl2N3O5. The van der Waals surface area contributed by atoms with E-state index in [0.717, 1.165) is 57.7 Å². The van der Waals surface area contributed by atoms with E-state index in [4.69, 9.17) is 4.74 Å². The zero-order chi connectivity index (χ0) is 31.5. The molecule has 1 N–H and O–H groups in total. The summed E-state index contributed by atoms with van der Waals surface area (Å²) in [7, 11) is 0. The maximum atomic E-state index is 14.2. The van der Waals surface area contributed by atoms with Crippen molar-refractivity contribution in [3.63, 3.8) is 0 Å². The number of pyridine rings is 1. The van der Waals surface area contributed by atoms with E-state index in [9.17, 15) is 19.5 Å². The first-order valence-electron chi connectivity index (χ1n) is 16.8. The van der Waals surface area contributed by atoms with Gasteiger partial charge >= 0.3 is 5.97 Å². The molecule has 3 saturated carbocycles. The van der Waals surface area contributed by atoms with E-state index in [1.54, 1.807) is 6.20 Å². The predicted octanol–water partition coefficient (Wildman–Crippen LogP) is 5.84. The molecule has 10 heteroatoms. The van der Waals surface area contributed by atoms with Crippen LogP contribution in [0.1, 0.15) is 86.0 Å². The monoisotopic (exact) mass is 677 g/mol. The number of piperazine rings is 1. The SMILES string of the molecule is CC(C)(C)CC(=O)OC1C[C@@]2(C)[C@@H](CC[C@]2(O)C(=O)CN2CCN(c3ccccn3)CC2)[C@@H]2CCC3=CC(=O)CC[C@]3(C)[C@@H]12.Cl.Cl. The fourth-order valence-electron chi connectivity index (χ4n) is 9.88. The van der Waals surface area contributed by atoms with Gasteiger partial charge in [0.2, 0.25) is 0 Å². The third-order valence-corrected chi connectivity index (χ3v) is 12.2. The number of aliphatic hydroxyl groups is 1. The minimum absolute atomic E-state index is 0. The van der Waals surface area contributed by atoms with E-state index in [-0.39, 0.29) is 77.5 Å². The van der Waals surface area contributed by atoms with E-state index < -0.39 is 17.1 Å². The van der Waals surface area contributed by atoms with Crippen LogP contribution in [0.3, 0.4) is 0 Å². The molecular weight excluding hydrogens is 625 g/mol. The number of anilines is 1. The Bertz CT molecular complexity index is 1330. The number of ether oxygens (including phenoxy) is 1. The molecule has 0 radical (unpaired) electrons. The Kier molecular flexibility index (Phi) is 10.8. The Hall–Kier alpha value is -2.00. The Morgan fingerprint density at radius 2 is 1.76 bits per heavy atom. The Labute approximate surface area is 286 Å². The molecule has 7 atom stereocenters. The number of aromatic nitrogens is 1. The standard InChI is InChI=1S/C36H51N3O5.2ClH/c1-33(2,3)22-31(42)44-28-21-35(5)27(26-10-9-24-20-25(40)11-13-34(24,4)32(26)28)12-14-36(35,43)29(41)23-38-16-18-39(19-17-38)30-8-6-7-15-37-30;;/h6-8,15,20,26-28,32,43H,9-14,16-19,21-23H2,1-5H3;2*1H/t26-,27-,28?,32+,34-,35-,36-;;/m0../s1. The van der Waals surface area contributed by atoms with E-state index >= 15 is 0 Å². The predicted molar refractivity (Wildman–Crippen MR) is 183 cm³/mol. The molecule has 1 aliphatic heterocycles. The summed E-state index contributed by atoms with van der Waals surface area (Å²) in [6, 6.07) is 5.92. The molecule has 4 fully saturated rings. The number of esters is 1. The molecule has 1 aromatic rings. The van der Waals surface area contributed by atoms with Crippen LogP contribution in [0.2, 0.25) is 0 Å². The average Bonchev–Trinajstić information content (AvgIpc) is 3.24. The molecule has 0 amide bonds. The largest absolute Gasteiger partial charge is 0.462 e. The van der Waals surface area contributed by atoms with Crippen molar-refractivity contribution in [3.05, 3.63) is 36.0 Å². The van der Waals surface area contributed by atoms with Crippen LogP contribution < -0.4 is 4.90 Å². The Morgan fingerprint density at radius 1 is 1.04 bits per heavy atom. The van der Waals surface area contributed by atoms with E-state index in [1.165, 1.54) is 5.57 Å². The molecule has 1 unspecified atom stereocenters. The number of rotatable bonds is 6. The van der Waals surface area contributed by atoms with Crippen molar-refractivity contribution in [1.29, 1.82) is 0 Å². The molecule has 0 spiro atoms. The van der Waals surface area contributed by atoms with Crippen molar-refractivity contribution >= 4 is 48.2 Å². The summed E-state index contributed by atoms with van der Waals surface area (Å²) in [5.41, 5.74) is -1.38. The van der Waals surface area contributed by atoms with Crippen molar-refractivity contribution < 1.29 is 24.2 Å². The van der Waals surface area contributed by atoms with Crippen molar-refractivity contribution in [1.82, 2.24) is 9.88 Å². The van der Waals surface area contributed by atoms with Gasteiger partial charge in [-0.1, -0.05) is 46.3 Å². The molecule has 4 aliphatic carbocycles. The van der Waals surface area contributed by atoms with Gasteiger partial charge in [0.05, 0.1) is 13.0 Å². The van der Waals surface area contributed by atoms with Gasteiger partial charge in [-0.2, -0.15) is 0 Å². The van der Waals surface area contributed by atoms with Crippen molar-refractivity contribution in [3.8, 4) is 0 Å². The number of fused-ring (bicyclic) bond motifs is 5. The fraction of sp³-hybridized carbons (Fsp3) is 0.722. The number of nitrogens with zero attached hydrogens (tertiary/aromatic N) is 3. The summed E-state index contributed by atoms with van der Waals surface area (Å²) in [4.78, 5) is 48.9. The van der Waals surface area contributed by atoms with Gasteiger partial charge in [0, 0.05) is 50.1 Å². The summed E-state index contributed by atoms with van der Waals surface area (Å²) in [6.45, 7) is 13.8. The first-order chi connectivity index (χ1) is 20.7. The maximum absolute atomic E-state index is 14.2. The van der Waals surface area contributed by atoms with Gasteiger partial charge in [0.25, 0.3) is 0 Å². The van der Waals surface area contributed by atoms with Gasteiger partial charge in [0.1, 0.15) is 17.5 Å². The number of halogens is 2. The number of carbonyl (C=O) groups excluding carboxylic acids is 3. The van der Waals surface area contributed by atoms with Crippen LogP contribution in [0.5, 0.6) is 0 Å². The highest BCUT2D eigenvalue weighted by Gasteiger charge is 2.69. The average molecular weight is 679 g/mol. The van der Waals surface area contributed by atoms with Crippen LogP contribution in [0.15, 0.2) is 36.0 Å². The van der Waals surface area contributed by atoms with Crippen LogP contribution >= 0.6 is 24.8 Å². The van der Waals surface area contributed by atoms with Gasteiger partial charge in [-0.05, 0) is 79.4 Å². The smallest absolute Gasteiger partial charge is 0.306 e. The van der Waals surface area contributed by atoms with Crippen molar-refractivity contribution in [2.45, 2.75) is 97.7 Å². The molecule has 46 heavy (non-hydrogen) atoms. The number of allylic oxidation sites excluding steroid dienone is 1. The zero-order valence-electron chi connectivity index (χ0n) is 28.1. The molecule has 8 nitrogen and oxygen atoms in total. The summed E-state index contributed by atoms with van der Waals surface area (Å²) in [5.74, 6) is 1.30. The number of hydrogen-bond acceptors (Lipinski definition) is 8. The Morgan fingerprint density at radius 3 is 2.41 bits per heavy atom. The van der Waals surface area contributed by atoms with Crippen LogP contribution in [-0.2, 0) is 19.1 Å². The minimum Gasteiger partial charge on any atom is -0.462 e. The van der Waals surface area contributed by atoms with Gasteiger partial charge in [0.15, 0.2) is 11.6 Å². The molecule has 256 valence electrons. The molecule has 1 saturated heterocycles. The number of carbonyl (C=O) groups is 3. The topological polar surface area (TPSA) is 100 Å². The van der Waals surface area contributed by atoms with Gasteiger partial charge in [-0.3, -0.25) is 19.3 Å². The quantitative estimate of drug-likeness (QED) is 0.375. The minimum atomic E-state index is -1.46. The highest BCUT2D eigenvalue weighted by atomic mass is 35.5. The second kappa shape index (κ2) is 13.5. The normalized spacial score (nSPS) is 35.8. The lowest BCUT2D eigenvalue weighted by molar-refractivity contribution is -0.196. The first-order valence-corrected chi connectivity index (χ1v) is 16.8. The third-order valence-electron chi connectivity index (χ3n) is 12.2. The van der Waals surface area contributed by atoms with E-state index in [0.29, 0.717) is 25.7 Å². The third kappa shape index (κ3) is 6.53. The van der Waals surface area contributed by atoms with E-state index in [2.05, 4.69) is 28.6 Å². The summed E-state index contributed by atoms with van der Waals surface area (Å²) in [6.07, 6.45) is 8.33. The molecule has 5 aliphatic rings. The molecule has 1 aromatic heterocycles. The van der Waals surface area contributed by atoms with E-state index in [1.807, 2.05) is 45.0 Å². The lowest BCUT2D eigenvalue weighted by Crippen LogP contribution is -2.63. The fourth-order valence-corrected chi connectivity index (χ4v) is 9.88. The maximum Gasteiger partial charge on any atom is 0.306 e. The number of Topliss-reactive ketones (excluding diaryl/α,β-unsaturated/α-hetero) is 1. The summed E-state index contributed by atoms with van der Waals surface area (Å²) in [5, 5.41) is 12.4. The second-order valence-corrected chi connectivity index (χ2v) is 16.0. The highest BCUT2D eigenvalue weighted by molar-refractivity contribution is 5.92. The number of hydrogen-bond donors (Lipinski definition) is 1. The van der Waals surface area contributed by atoms with Gasteiger partial charge in [-0.25, -0.2) is 4.98 Å². The highest BCUT2D eigenvalue weighted by Crippen LogP contribution is 2.68. The first kappa shape index (κ1) is 36.8. The molecule has 2 heterocycles. The molecule has 0 aromatic carbocycles. The summed E-state index contributed by atoms with van der Waals surface area (Å²) < 4.78 is 6.43. The second-order valence-electron chi connectivity index (χ2n) is 16.0. The van der Waals surface area contributed by atoms with Gasteiger partial charge in [-0.15, -0.1) is 24.8 Å². The van der Waals surface area contributed by atoms with Crippen LogP contribution in [0.25, 0.3) is 0 Å².